The highest BCUT2D eigenvalue weighted by atomic mass is 32.2. The molecule has 108 valence electrons. The number of anilines is 1. The SMILES string of the molecule is CCCCCNS(=O)(=O)c1nnc(NC(=O)CC)s1. The van der Waals surface area contributed by atoms with Gasteiger partial charge in [0.15, 0.2) is 0 Å². The van der Waals surface area contributed by atoms with Crippen LogP contribution in [0.15, 0.2) is 4.34 Å². The summed E-state index contributed by atoms with van der Waals surface area (Å²) in [6.45, 7) is 4.12. The zero-order chi connectivity index (χ0) is 14.3. The first kappa shape index (κ1) is 16.0. The first-order valence-corrected chi connectivity index (χ1v) is 8.42. The molecule has 9 heteroatoms. The van der Waals surface area contributed by atoms with Gasteiger partial charge in [0.25, 0.3) is 10.0 Å². The topological polar surface area (TPSA) is 101 Å². The van der Waals surface area contributed by atoms with Gasteiger partial charge in [0, 0.05) is 13.0 Å². The van der Waals surface area contributed by atoms with Crippen LogP contribution >= 0.6 is 11.3 Å². The van der Waals surface area contributed by atoms with E-state index in [0.29, 0.717) is 13.0 Å². The van der Waals surface area contributed by atoms with Gasteiger partial charge < -0.3 is 5.32 Å². The molecule has 0 radical (unpaired) electrons. The van der Waals surface area contributed by atoms with Gasteiger partial charge in [-0.3, -0.25) is 4.79 Å². The van der Waals surface area contributed by atoms with Crippen LogP contribution in [-0.2, 0) is 14.8 Å². The van der Waals surface area contributed by atoms with E-state index in [4.69, 9.17) is 0 Å². The van der Waals surface area contributed by atoms with Crippen LogP contribution in [0.1, 0.15) is 39.5 Å². The van der Waals surface area contributed by atoms with Gasteiger partial charge in [0.05, 0.1) is 0 Å². The van der Waals surface area contributed by atoms with E-state index in [0.717, 1.165) is 30.6 Å². The second-order valence-electron chi connectivity index (χ2n) is 3.88. The number of hydrogen-bond donors (Lipinski definition) is 2. The normalized spacial score (nSPS) is 11.5. The minimum Gasteiger partial charge on any atom is -0.301 e. The molecule has 7 nitrogen and oxygen atoms in total. The first-order valence-electron chi connectivity index (χ1n) is 6.12. The van der Waals surface area contributed by atoms with Gasteiger partial charge in [-0.1, -0.05) is 38.0 Å². The summed E-state index contributed by atoms with van der Waals surface area (Å²) in [6.07, 6.45) is 3.08. The van der Waals surface area contributed by atoms with Crippen molar-refractivity contribution in [1.82, 2.24) is 14.9 Å². The van der Waals surface area contributed by atoms with Crippen LogP contribution in [0.4, 0.5) is 5.13 Å². The summed E-state index contributed by atoms with van der Waals surface area (Å²) < 4.78 is 26.0. The fourth-order valence-electron chi connectivity index (χ4n) is 1.22. The summed E-state index contributed by atoms with van der Waals surface area (Å²) in [5.41, 5.74) is 0. The fourth-order valence-corrected chi connectivity index (χ4v) is 3.25. The number of unbranched alkanes of at least 4 members (excludes halogenated alkanes) is 2. The highest BCUT2D eigenvalue weighted by Gasteiger charge is 2.19. The molecule has 0 saturated carbocycles. The van der Waals surface area contributed by atoms with Crippen molar-refractivity contribution in [3.8, 4) is 0 Å². The maximum Gasteiger partial charge on any atom is 0.269 e. The zero-order valence-corrected chi connectivity index (χ0v) is 12.6. The molecule has 0 unspecified atom stereocenters. The van der Waals surface area contributed by atoms with Crippen molar-refractivity contribution < 1.29 is 13.2 Å². The van der Waals surface area contributed by atoms with Crippen molar-refractivity contribution in [2.75, 3.05) is 11.9 Å². The molecule has 0 aliphatic heterocycles. The predicted molar refractivity (Wildman–Crippen MR) is 73.5 cm³/mol. The lowest BCUT2D eigenvalue weighted by Gasteiger charge is -2.02. The molecule has 0 aliphatic rings. The van der Waals surface area contributed by atoms with Crippen LogP contribution in [0, 0.1) is 0 Å². The van der Waals surface area contributed by atoms with Crippen LogP contribution in [0.2, 0.25) is 0 Å². The molecule has 2 N–H and O–H groups in total. The third-order valence-electron chi connectivity index (χ3n) is 2.28. The molecule has 0 spiro atoms. The number of aromatic nitrogens is 2. The number of nitrogens with zero attached hydrogens (tertiary/aromatic N) is 2. The van der Waals surface area contributed by atoms with Crippen LogP contribution in [0.5, 0.6) is 0 Å². The van der Waals surface area contributed by atoms with Gasteiger partial charge in [0.2, 0.25) is 15.4 Å². The Balaban J connectivity index is 2.61. The number of carbonyl (C=O) groups is 1. The fraction of sp³-hybridized carbons (Fsp3) is 0.700. The van der Waals surface area contributed by atoms with E-state index < -0.39 is 10.0 Å². The largest absolute Gasteiger partial charge is 0.301 e. The lowest BCUT2D eigenvalue weighted by atomic mass is 10.3. The third-order valence-corrected chi connectivity index (χ3v) is 4.94. The molecule has 1 aromatic heterocycles. The van der Waals surface area contributed by atoms with Crippen LogP contribution < -0.4 is 10.0 Å². The molecule has 0 aliphatic carbocycles. The Morgan fingerprint density at radius 3 is 2.63 bits per heavy atom. The Hall–Kier alpha value is -1.06. The van der Waals surface area contributed by atoms with Gasteiger partial charge in [0.1, 0.15) is 0 Å². The minimum absolute atomic E-state index is 0.129. The highest BCUT2D eigenvalue weighted by molar-refractivity contribution is 7.91. The second-order valence-corrected chi connectivity index (χ2v) is 6.80. The first-order chi connectivity index (χ1) is 8.99. The number of sulfonamides is 1. The lowest BCUT2D eigenvalue weighted by Crippen LogP contribution is -2.24. The molecule has 1 aromatic rings. The predicted octanol–water partition coefficient (Wildman–Crippen LogP) is 1.36. The standard InChI is InChI=1S/C10H18N4O3S2/c1-3-5-6-7-11-19(16,17)10-14-13-9(18-10)12-8(15)4-2/h11H,3-7H2,1-2H3,(H,12,13,15). The minimum atomic E-state index is -3.62. The molecule has 19 heavy (non-hydrogen) atoms. The average molecular weight is 306 g/mol. The molecule has 0 aromatic carbocycles. The third kappa shape index (κ3) is 5.21. The molecule has 0 saturated heterocycles. The summed E-state index contributed by atoms with van der Waals surface area (Å²) in [6, 6.07) is 0. The van der Waals surface area contributed by atoms with Crippen LogP contribution in [0.3, 0.4) is 0 Å². The number of rotatable bonds is 8. The molecule has 1 rings (SSSR count). The Morgan fingerprint density at radius 1 is 1.26 bits per heavy atom. The average Bonchev–Trinajstić information content (AvgIpc) is 2.84. The van der Waals surface area contributed by atoms with Gasteiger partial charge in [-0.2, -0.15) is 0 Å². The number of carbonyl (C=O) groups excluding carboxylic acids is 1. The van der Waals surface area contributed by atoms with E-state index >= 15 is 0 Å². The smallest absolute Gasteiger partial charge is 0.269 e. The molecule has 0 fully saturated rings. The van der Waals surface area contributed by atoms with E-state index in [1.165, 1.54) is 0 Å². The highest BCUT2D eigenvalue weighted by Crippen LogP contribution is 2.19. The summed E-state index contributed by atoms with van der Waals surface area (Å²) in [4.78, 5) is 11.1. The van der Waals surface area contributed by atoms with Crippen LogP contribution in [-0.4, -0.2) is 31.1 Å². The van der Waals surface area contributed by atoms with Crippen molar-refractivity contribution in [1.29, 1.82) is 0 Å². The monoisotopic (exact) mass is 306 g/mol. The van der Waals surface area contributed by atoms with Gasteiger partial charge in [-0.05, 0) is 6.42 Å². The lowest BCUT2D eigenvalue weighted by molar-refractivity contribution is -0.115. The summed E-state index contributed by atoms with van der Waals surface area (Å²) >= 11 is 0.843. The maximum absolute atomic E-state index is 11.8. The molecular weight excluding hydrogens is 288 g/mol. The number of amides is 1. The molecule has 1 amide bonds. The van der Waals surface area contributed by atoms with Crippen molar-refractivity contribution >= 4 is 32.4 Å². The van der Waals surface area contributed by atoms with E-state index in [9.17, 15) is 13.2 Å². The summed E-state index contributed by atoms with van der Waals surface area (Å²) in [5.74, 6) is -0.226. The zero-order valence-electron chi connectivity index (χ0n) is 11.0. The number of nitrogens with one attached hydrogen (secondary N) is 2. The Labute approximate surface area is 116 Å². The Bertz CT molecular complexity index is 513. The van der Waals surface area contributed by atoms with Gasteiger partial charge >= 0.3 is 0 Å². The van der Waals surface area contributed by atoms with Gasteiger partial charge in [-0.25, -0.2) is 13.1 Å². The van der Waals surface area contributed by atoms with Crippen molar-refractivity contribution in [3.05, 3.63) is 0 Å². The molecular formula is C10H18N4O3S2. The van der Waals surface area contributed by atoms with Crippen LogP contribution in [0.25, 0.3) is 0 Å². The number of hydrogen-bond acceptors (Lipinski definition) is 6. The van der Waals surface area contributed by atoms with E-state index in [1.54, 1.807) is 6.92 Å². The van der Waals surface area contributed by atoms with Crippen molar-refractivity contribution in [2.45, 2.75) is 43.9 Å². The summed E-state index contributed by atoms with van der Waals surface area (Å²) in [5, 5.41) is 9.88. The quantitative estimate of drug-likeness (QED) is 0.558. The second kappa shape index (κ2) is 7.51. The Morgan fingerprint density at radius 2 is 2.00 bits per heavy atom. The van der Waals surface area contributed by atoms with Gasteiger partial charge in [-0.15, -0.1) is 10.2 Å². The summed E-state index contributed by atoms with van der Waals surface area (Å²) in [7, 11) is -3.62. The Kier molecular flexibility index (Phi) is 6.32. The molecule has 1 heterocycles. The maximum atomic E-state index is 11.8. The molecule has 0 atom stereocenters. The van der Waals surface area contributed by atoms with E-state index in [-0.39, 0.29) is 15.4 Å². The van der Waals surface area contributed by atoms with E-state index in [1.807, 2.05) is 6.92 Å². The van der Waals surface area contributed by atoms with E-state index in [2.05, 4.69) is 20.2 Å². The van der Waals surface area contributed by atoms with Crippen molar-refractivity contribution in [2.24, 2.45) is 0 Å². The van der Waals surface area contributed by atoms with Crippen molar-refractivity contribution in [3.63, 3.8) is 0 Å². The molecule has 0 bridgehead atoms.